The van der Waals surface area contributed by atoms with Crippen molar-refractivity contribution in [1.29, 1.82) is 0 Å². The minimum Gasteiger partial charge on any atom is -0.464 e. The van der Waals surface area contributed by atoms with E-state index in [1.165, 1.54) is 24.2 Å². The quantitative estimate of drug-likeness (QED) is 0.841. The molecule has 134 valence electrons. The van der Waals surface area contributed by atoms with Crippen molar-refractivity contribution in [1.82, 2.24) is 9.88 Å². The lowest BCUT2D eigenvalue weighted by molar-refractivity contribution is -0.123. The Bertz CT molecular complexity index is 749. The van der Waals surface area contributed by atoms with Crippen LogP contribution in [0.5, 0.6) is 0 Å². The lowest BCUT2D eigenvalue weighted by atomic mass is 10.0. The fourth-order valence-corrected chi connectivity index (χ4v) is 2.25. The van der Waals surface area contributed by atoms with Gasteiger partial charge in [-0.3, -0.25) is 10.1 Å². The summed E-state index contributed by atoms with van der Waals surface area (Å²) in [5, 5.41) is 2.48. The maximum Gasteiger partial charge on any atom is 0.413 e. The lowest BCUT2D eigenvalue weighted by Gasteiger charge is -2.19. The fraction of sp³-hybridized carbons (Fsp3) is 0.412. The molecule has 2 amide bonds. The van der Waals surface area contributed by atoms with E-state index in [9.17, 15) is 14.4 Å². The molecule has 1 aromatic rings. The number of carbonyl (C=O) groups excluding carboxylic acids is 3. The number of hydrogen-bond donors (Lipinski definition) is 1. The molecule has 0 bridgehead atoms. The monoisotopic (exact) mass is 347 g/mol. The number of nitrogens with one attached hydrogen (secondary N) is 1. The number of ether oxygens (including phenoxy) is 2. The van der Waals surface area contributed by atoms with Crippen molar-refractivity contribution in [2.45, 2.75) is 26.4 Å². The molecule has 8 nitrogen and oxygen atoms in total. The Hall–Kier alpha value is -2.90. The fourth-order valence-electron chi connectivity index (χ4n) is 2.25. The predicted molar refractivity (Wildman–Crippen MR) is 91.0 cm³/mol. The molecule has 25 heavy (non-hydrogen) atoms. The molecule has 1 N–H and O–H groups in total. The number of hydrogen-bond acceptors (Lipinski definition) is 6. The minimum absolute atomic E-state index is 0.0189. The zero-order chi connectivity index (χ0) is 18.8. The van der Waals surface area contributed by atoms with Gasteiger partial charge in [-0.15, -0.1) is 0 Å². The molecule has 1 aliphatic heterocycles. The number of likely N-dealkylation sites (N-methyl/N-ethyl adjacent to an activating group) is 1. The van der Waals surface area contributed by atoms with Gasteiger partial charge in [0.15, 0.2) is 5.69 Å². The second-order valence-corrected chi connectivity index (χ2v) is 6.58. The second-order valence-electron chi connectivity index (χ2n) is 6.58. The van der Waals surface area contributed by atoms with E-state index in [1.54, 1.807) is 33.9 Å². The Morgan fingerprint density at radius 1 is 1.28 bits per heavy atom. The average Bonchev–Trinajstić information content (AvgIpc) is 2.83. The standard InChI is InChI=1S/C17H21N3O5/c1-17(2,3)25-16(23)19-12-7-6-11(14(18-12)15(22)24-5)10-8-13(21)20(4)9-10/h6-8H,9H2,1-5H3,(H,18,19,23). The molecule has 2 heterocycles. The molecular weight excluding hydrogens is 326 g/mol. The average molecular weight is 347 g/mol. The molecule has 0 unspecified atom stereocenters. The first-order chi connectivity index (χ1) is 11.6. The van der Waals surface area contributed by atoms with Gasteiger partial charge in [-0.1, -0.05) is 0 Å². The summed E-state index contributed by atoms with van der Waals surface area (Å²) in [5.41, 5.74) is 0.503. The van der Waals surface area contributed by atoms with E-state index in [0.29, 0.717) is 17.7 Å². The van der Waals surface area contributed by atoms with E-state index >= 15 is 0 Å². The maximum absolute atomic E-state index is 12.1. The summed E-state index contributed by atoms with van der Waals surface area (Å²) in [6.07, 6.45) is 0.767. The van der Waals surface area contributed by atoms with E-state index in [2.05, 4.69) is 10.3 Å². The Balaban J connectivity index is 2.32. The number of amides is 2. The Kier molecular flexibility index (Phi) is 5.10. The summed E-state index contributed by atoms with van der Waals surface area (Å²) in [6, 6.07) is 3.15. The van der Waals surface area contributed by atoms with E-state index in [1.807, 2.05) is 0 Å². The highest BCUT2D eigenvalue weighted by molar-refractivity contribution is 6.04. The van der Waals surface area contributed by atoms with Crippen molar-refractivity contribution in [3.63, 3.8) is 0 Å². The van der Waals surface area contributed by atoms with Gasteiger partial charge in [0.2, 0.25) is 5.91 Å². The molecule has 0 fully saturated rings. The molecule has 0 aromatic carbocycles. The Morgan fingerprint density at radius 2 is 1.96 bits per heavy atom. The Labute approximate surface area is 145 Å². The third-order valence-corrected chi connectivity index (χ3v) is 3.33. The van der Waals surface area contributed by atoms with Gasteiger partial charge in [0.25, 0.3) is 0 Å². The largest absolute Gasteiger partial charge is 0.464 e. The number of pyridine rings is 1. The van der Waals surface area contributed by atoms with Crippen LogP contribution in [0.1, 0.15) is 36.8 Å². The summed E-state index contributed by atoms with van der Waals surface area (Å²) < 4.78 is 9.92. The molecule has 2 rings (SSSR count). The van der Waals surface area contributed by atoms with Crippen molar-refractivity contribution in [3.8, 4) is 0 Å². The molecule has 8 heteroatoms. The number of nitrogens with zero attached hydrogens (tertiary/aromatic N) is 2. The zero-order valence-electron chi connectivity index (χ0n) is 14.9. The van der Waals surface area contributed by atoms with Gasteiger partial charge >= 0.3 is 12.1 Å². The molecule has 1 aliphatic rings. The first kappa shape index (κ1) is 18.4. The smallest absolute Gasteiger partial charge is 0.413 e. The normalized spacial score (nSPS) is 14.2. The van der Waals surface area contributed by atoms with Gasteiger partial charge in [-0.05, 0) is 38.5 Å². The first-order valence-electron chi connectivity index (χ1n) is 7.66. The van der Waals surface area contributed by atoms with E-state index in [4.69, 9.17) is 9.47 Å². The second kappa shape index (κ2) is 6.92. The zero-order valence-corrected chi connectivity index (χ0v) is 14.9. The summed E-state index contributed by atoms with van der Waals surface area (Å²) in [6.45, 7) is 5.58. The summed E-state index contributed by atoms with van der Waals surface area (Å²) in [7, 11) is 2.90. The molecule has 0 spiro atoms. The molecule has 1 aromatic heterocycles. The van der Waals surface area contributed by atoms with Crippen LogP contribution in [0.2, 0.25) is 0 Å². The van der Waals surface area contributed by atoms with Crippen molar-refractivity contribution in [3.05, 3.63) is 29.5 Å². The summed E-state index contributed by atoms with van der Waals surface area (Å²) >= 11 is 0. The number of anilines is 1. The van der Waals surface area contributed by atoms with Crippen LogP contribution in [0, 0.1) is 0 Å². The van der Waals surface area contributed by atoms with Crippen molar-refractivity contribution < 1.29 is 23.9 Å². The van der Waals surface area contributed by atoms with E-state index < -0.39 is 17.7 Å². The first-order valence-corrected chi connectivity index (χ1v) is 7.66. The topological polar surface area (TPSA) is 97.8 Å². The number of methoxy groups -OCH3 is 1. The van der Waals surface area contributed by atoms with E-state index in [0.717, 1.165) is 0 Å². The number of carbonyl (C=O) groups is 3. The van der Waals surface area contributed by atoms with Crippen LogP contribution in [0.15, 0.2) is 18.2 Å². The highest BCUT2D eigenvalue weighted by Crippen LogP contribution is 2.25. The highest BCUT2D eigenvalue weighted by atomic mass is 16.6. The van der Waals surface area contributed by atoms with Gasteiger partial charge in [-0.25, -0.2) is 14.6 Å². The van der Waals surface area contributed by atoms with Crippen LogP contribution < -0.4 is 5.32 Å². The third-order valence-electron chi connectivity index (χ3n) is 3.33. The van der Waals surface area contributed by atoms with Crippen LogP contribution in [-0.4, -0.2) is 54.2 Å². The maximum atomic E-state index is 12.1. The molecular formula is C17H21N3O5. The minimum atomic E-state index is -0.682. The van der Waals surface area contributed by atoms with Crippen LogP contribution in [0.25, 0.3) is 5.57 Å². The molecule has 0 atom stereocenters. The van der Waals surface area contributed by atoms with E-state index in [-0.39, 0.29) is 17.4 Å². The number of aromatic nitrogens is 1. The van der Waals surface area contributed by atoms with Gasteiger partial charge in [0.05, 0.1) is 7.11 Å². The van der Waals surface area contributed by atoms with Gasteiger partial charge < -0.3 is 14.4 Å². The van der Waals surface area contributed by atoms with Gasteiger partial charge in [0.1, 0.15) is 11.4 Å². The van der Waals surface area contributed by atoms with Crippen LogP contribution in [0.3, 0.4) is 0 Å². The van der Waals surface area contributed by atoms with Crippen molar-refractivity contribution in [2.24, 2.45) is 0 Å². The molecule has 0 radical (unpaired) electrons. The molecule has 0 aliphatic carbocycles. The lowest BCUT2D eigenvalue weighted by Crippen LogP contribution is -2.27. The van der Waals surface area contributed by atoms with Crippen LogP contribution >= 0.6 is 0 Å². The third kappa shape index (κ3) is 4.56. The SMILES string of the molecule is COC(=O)c1nc(NC(=O)OC(C)(C)C)ccc1C1=CC(=O)N(C)C1. The van der Waals surface area contributed by atoms with Crippen molar-refractivity contribution >= 4 is 29.4 Å². The summed E-state index contributed by atoms with van der Waals surface area (Å²) in [5.74, 6) is -0.663. The van der Waals surface area contributed by atoms with Gasteiger partial charge in [0, 0.05) is 25.2 Å². The summed E-state index contributed by atoms with van der Waals surface area (Å²) in [4.78, 5) is 41.3. The van der Waals surface area contributed by atoms with Crippen LogP contribution in [-0.2, 0) is 14.3 Å². The molecule has 0 saturated heterocycles. The molecule has 0 saturated carbocycles. The van der Waals surface area contributed by atoms with Crippen molar-refractivity contribution in [2.75, 3.05) is 26.0 Å². The predicted octanol–water partition coefficient (Wildman–Crippen LogP) is 2.07. The van der Waals surface area contributed by atoms with Gasteiger partial charge in [-0.2, -0.15) is 0 Å². The Morgan fingerprint density at radius 3 is 2.48 bits per heavy atom. The van der Waals surface area contributed by atoms with Crippen LogP contribution in [0.4, 0.5) is 10.6 Å². The highest BCUT2D eigenvalue weighted by Gasteiger charge is 2.25. The number of esters is 1. The number of rotatable bonds is 3.